The zero-order valence-corrected chi connectivity index (χ0v) is 19.6. The van der Waals surface area contributed by atoms with Crippen molar-refractivity contribution >= 4 is 55.1 Å². The third-order valence-corrected chi connectivity index (χ3v) is 7.65. The van der Waals surface area contributed by atoms with Crippen LogP contribution in [0.1, 0.15) is 41.9 Å². The zero-order chi connectivity index (χ0) is 22.3. The molecular formula is C20H23N5O3S3. The first kappa shape index (κ1) is 23.2. The summed E-state index contributed by atoms with van der Waals surface area (Å²) in [4.78, 5) is 17.9. The molecule has 1 amide bonds. The first-order chi connectivity index (χ1) is 14.9. The van der Waals surface area contributed by atoms with Gasteiger partial charge in [0.25, 0.3) is 5.91 Å². The van der Waals surface area contributed by atoms with E-state index in [9.17, 15) is 13.2 Å². The summed E-state index contributed by atoms with van der Waals surface area (Å²) < 4.78 is 27.1. The highest BCUT2D eigenvalue weighted by Crippen LogP contribution is 2.24. The molecule has 11 heteroatoms. The van der Waals surface area contributed by atoms with Crippen LogP contribution in [0.4, 0.5) is 10.3 Å². The first-order valence-corrected chi connectivity index (χ1v) is 12.9. The highest BCUT2D eigenvalue weighted by atomic mass is 32.2. The molecule has 164 valence electrons. The molecule has 0 radical (unpaired) electrons. The molecule has 0 aliphatic rings. The molecule has 0 unspecified atom stereocenters. The summed E-state index contributed by atoms with van der Waals surface area (Å²) in [7, 11) is -3.58. The number of sulfonamides is 1. The van der Waals surface area contributed by atoms with Gasteiger partial charge in [0.05, 0.1) is 4.90 Å². The Kier molecular flexibility index (Phi) is 8.02. The molecule has 0 fully saturated rings. The molecule has 2 aromatic heterocycles. The lowest BCUT2D eigenvalue weighted by molar-refractivity contribution is 0.102. The minimum atomic E-state index is -3.58. The zero-order valence-electron chi connectivity index (χ0n) is 17.2. The number of amides is 1. The van der Waals surface area contributed by atoms with E-state index in [1.807, 2.05) is 31.4 Å². The SMILES string of the molecule is CCCN(CCC)S(=O)(=O)c1ccc(C(=O)Nc2nnc(/N=C/c3cccs3)s2)cc1. The molecule has 0 bridgehead atoms. The van der Waals surface area contributed by atoms with Crippen LogP contribution in [0, 0.1) is 0 Å². The Balaban J connectivity index is 1.66. The Morgan fingerprint density at radius 2 is 1.84 bits per heavy atom. The smallest absolute Gasteiger partial charge is 0.257 e. The van der Waals surface area contributed by atoms with Gasteiger partial charge in [-0.05, 0) is 48.6 Å². The van der Waals surface area contributed by atoms with Crippen LogP contribution in [-0.4, -0.2) is 48.1 Å². The maximum absolute atomic E-state index is 12.8. The molecule has 0 atom stereocenters. The molecule has 8 nitrogen and oxygen atoms in total. The van der Waals surface area contributed by atoms with Crippen molar-refractivity contribution in [3.05, 3.63) is 52.2 Å². The average Bonchev–Trinajstić information content (AvgIpc) is 3.44. The number of carbonyl (C=O) groups is 1. The second-order valence-corrected chi connectivity index (χ2v) is 10.4. The van der Waals surface area contributed by atoms with E-state index in [1.165, 1.54) is 28.6 Å². The fraction of sp³-hybridized carbons (Fsp3) is 0.300. The fourth-order valence-corrected chi connectivity index (χ4v) is 5.54. The van der Waals surface area contributed by atoms with Gasteiger partial charge in [-0.15, -0.1) is 21.5 Å². The summed E-state index contributed by atoms with van der Waals surface area (Å²) in [5.41, 5.74) is 0.329. The van der Waals surface area contributed by atoms with Gasteiger partial charge in [0, 0.05) is 29.7 Å². The van der Waals surface area contributed by atoms with Crippen LogP contribution in [0.3, 0.4) is 0 Å². The fourth-order valence-electron chi connectivity index (χ4n) is 2.75. The molecule has 3 aromatic rings. The van der Waals surface area contributed by atoms with Crippen molar-refractivity contribution in [2.45, 2.75) is 31.6 Å². The van der Waals surface area contributed by atoms with Crippen LogP contribution >= 0.6 is 22.7 Å². The number of anilines is 1. The van der Waals surface area contributed by atoms with Gasteiger partial charge in [-0.2, -0.15) is 4.31 Å². The maximum atomic E-state index is 12.8. The third kappa shape index (κ3) is 6.03. The molecule has 31 heavy (non-hydrogen) atoms. The molecule has 1 N–H and O–H groups in total. The van der Waals surface area contributed by atoms with Gasteiger partial charge in [-0.3, -0.25) is 10.1 Å². The quantitative estimate of drug-likeness (QED) is 0.436. The minimum Gasteiger partial charge on any atom is -0.296 e. The normalized spacial score (nSPS) is 12.0. The number of aromatic nitrogens is 2. The number of carbonyl (C=O) groups excluding carboxylic acids is 1. The topological polar surface area (TPSA) is 105 Å². The molecular weight excluding hydrogens is 454 g/mol. The van der Waals surface area contributed by atoms with Gasteiger partial charge in [0.15, 0.2) is 0 Å². The van der Waals surface area contributed by atoms with Crippen molar-refractivity contribution in [2.75, 3.05) is 18.4 Å². The second kappa shape index (κ2) is 10.7. The van der Waals surface area contributed by atoms with Crippen molar-refractivity contribution in [3.63, 3.8) is 0 Å². The average molecular weight is 478 g/mol. The third-order valence-electron chi connectivity index (χ3n) is 4.18. The monoisotopic (exact) mass is 477 g/mol. The van der Waals surface area contributed by atoms with Crippen molar-refractivity contribution in [1.29, 1.82) is 0 Å². The molecule has 2 heterocycles. The highest BCUT2D eigenvalue weighted by molar-refractivity contribution is 7.89. The molecule has 0 spiro atoms. The van der Waals surface area contributed by atoms with Gasteiger partial charge in [0.1, 0.15) is 0 Å². The Morgan fingerprint density at radius 1 is 1.13 bits per heavy atom. The standard InChI is InChI=1S/C20H23N5O3S3/c1-3-11-25(12-4-2)31(27,28)17-9-7-15(8-10-17)18(26)22-20-24-23-19(30-20)21-14-16-6-5-13-29-16/h5-10,13-14H,3-4,11-12H2,1-2H3,(H,22,24,26)/b21-14+. The second-order valence-electron chi connectivity index (χ2n) is 6.55. The minimum absolute atomic E-state index is 0.173. The number of benzene rings is 1. The van der Waals surface area contributed by atoms with Crippen LogP contribution in [0.2, 0.25) is 0 Å². The lowest BCUT2D eigenvalue weighted by atomic mass is 10.2. The number of thiophene rings is 1. The molecule has 3 rings (SSSR count). The number of aliphatic imine (C=N–C) groups is 1. The van der Waals surface area contributed by atoms with E-state index in [0.29, 0.717) is 28.9 Å². The summed E-state index contributed by atoms with van der Waals surface area (Å²) >= 11 is 2.71. The predicted molar refractivity (Wildman–Crippen MR) is 125 cm³/mol. The highest BCUT2D eigenvalue weighted by Gasteiger charge is 2.23. The molecule has 0 saturated heterocycles. The van der Waals surface area contributed by atoms with Gasteiger partial charge in [-0.25, -0.2) is 13.4 Å². The van der Waals surface area contributed by atoms with Crippen LogP contribution in [0.15, 0.2) is 51.7 Å². The van der Waals surface area contributed by atoms with Crippen LogP contribution in [-0.2, 0) is 10.0 Å². The van der Waals surface area contributed by atoms with Crippen LogP contribution < -0.4 is 5.32 Å². The number of nitrogens with zero attached hydrogens (tertiary/aromatic N) is 4. The van der Waals surface area contributed by atoms with E-state index in [4.69, 9.17) is 0 Å². The summed E-state index contributed by atoms with van der Waals surface area (Å²) in [5.74, 6) is -0.396. The summed E-state index contributed by atoms with van der Waals surface area (Å²) in [5, 5.41) is 13.2. The predicted octanol–water partition coefficient (Wildman–Crippen LogP) is 4.41. The lowest BCUT2D eigenvalue weighted by Gasteiger charge is -2.21. The van der Waals surface area contributed by atoms with E-state index in [2.05, 4.69) is 20.5 Å². The summed E-state index contributed by atoms with van der Waals surface area (Å²) in [6.45, 7) is 4.81. The molecule has 1 aromatic carbocycles. The van der Waals surface area contributed by atoms with Crippen LogP contribution in [0.5, 0.6) is 0 Å². The summed E-state index contributed by atoms with van der Waals surface area (Å²) in [6, 6.07) is 9.77. The van der Waals surface area contributed by atoms with Gasteiger partial charge < -0.3 is 0 Å². The van der Waals surface area contributed by atoms with Crippen molar-refractivity contribution in [2.24, 2.45) is 4.99 Å². The van der Waals surface area contributed by atoms with Gasteiger partial charge in [0.2, 0.25) is 20.3 Å². The number of rotatable bonds is 10. The van der Waals surface area contributed by atoms with Gasteiger partial charge >= 0.3 is 0 Å². The Labute approximate surface area is 189 Å². The molecule has 0 aliphatic carbocycles. The van der Waals surface area contributed by atoms with Crippen molar-refractivity contribution < 1.29 is 13.2 Å². The van der Waals surface area contributed by atoms with E-state index in [1.54, 1.807) is 17.6 Å². The number of nitrogens with one attached hydrogen (secondary N) is 1. The summed E-state index contributed by atoms with van der Waals surface area (Å²) in [6.07, 6.45) is 3.16. The first-order valence-electron chi connectivity index (χ1n) is 9.76. The molecule has 0 saturated carbocycles. The van der Waals surface area contributed by atoms with E-state index in [-0.39, 0.29) is 4.90 Å². The lowest BCUT2D eigenvalue weighted by Crippen LogP contribution is -2.32. The van der Waals surface area contributed by atoms with Crippen LogP contribution in [0.25, 0.3) is 0 Å². The number of hydrogen-bond acceptors (Lipinski definition) is 8. The largest absolute Gasteiger partial charge is 0.296 e. The van der Waals surface area contributed by atoms with E-state index in [0.717, 1.165) is 29.1 Å². The van der Waals surface area contributed by atoms with Crippen molar-refractivity contribution in [1.82, 2.24) is 14.5 Å². The maximum Gasteiger partial charge on any atom is 0.257 e. The Morgan fingerprint density at radius 3 is 2.45 bits per heavy atom. The van der Waals surface area contributed by atoms with E-state index < -0.39 is 15.9 Å². The van der Waals surface area contributed by atoms with Crippen molar-refractivity contribution in [3.8, 4) is 0 Å². The van der Waals surface area contributed by atoms with Gasteiger partial charge in [-0.1, -0.05) is 31.3 Å². The Hall–Kier alpha value is -2.47. The number of hydrogen-bond donors (Lipinski definition) is 1. The Bertz CT molecular complexity index is 1120. The van der Waals surface area contributed by atoms with E-state index >= 15 is 0 Å². The molecule has 0 aliphatic heterocycles.